The van der Waals surface area contributed by atoms with E-state index < -0.39 is 0 Å². The number of nitrogens with one attached hydrogen (secondary N) is 1. The first kappa shape index (κ1) is 24.7. The van der Waals surface area contributed by atoms with Crippen molar-refractivity contribution >= 4 is 18.0 Å². The summed E-state index contributed by atoms with van der Waals surface area (Å²) < 4.78 is 5.40. The number of rotatable bonds is 7. The zero-order valence-corrected chi connectivity index (χ0v) is 20.3. The van der Waals surface area contributed by atoms with Gasteiger partial charge < -0.3 is 15.2 Å². The molecule has 3 unspecified atom stereocenters. The number of benzene rings is 2. The normalized spacial score (nSPS) is 24.5. The van der Waals surface area contributed by atoms with Gasteiger partial charge in [0.25, 0.3) is 0 Å². The highest BCUT2D eigenvalue weighted by molar-refractivity contribution is 5.92. The lowest BCUT2D eigenvalue weighted by Gasteiger charge is -2.53. The second-order valence-corrected chi connectivity index (χ2v) is 9.69. The Morgan fingerprint density at radius 3 is 2.83 bits per heavy atom. The maximum Gasteiger partial charge on any atom is 0.308 e. The first-order valence-electron chi connectivity index (χ1n) is 12.3. The molecule has 4 rings (SSSR count). The van der Waals surface area contributed by atoms with Crippen LogP contribution in [0, 0.1) is 5.92 Å². The molecule has 3 atom stereocenters. The first-order chi connectivity index (χ1) is 16.9. The van der Waals surface area contributed by atoms with Crippen molar-refractivity contribution < 1.29 is 19.4 Å². The average molecular weight is 475 g/mol. The van der Waals surface area contributed by atoms with Crippen LogP contribution in [0.3, 0.4) is 0 Å². The van der Waals surface area contributed by atoms with E-state index in [4.69, 9.17) is 4.74 Å². The Labute approximate surface area is 207 Å². The number of likely N-dealkylation sites (tertiary alicyclic amines) is 1. The predicted octanol–water partition coefficient (Wildman–Crippen LogP) is 4.45. The molecule has 1 amide bonds. The fraction of sp³-hybridized carbons (Fsp3) is 0.379. The lowest BCUT2D eigenvalue weighted by Crippen LogP contribution is -2.56. The summed E-state index contributed by atoms with van der Waals surface area (Å²) in [7, 11) is 0. The lowest BCUT2D eigenvalue weighted by atomic mass is 9.58. The van der Waals surface area contributed by atoms with Crippen LogP contribution in [0.15, 0.2) is 67.3 Å². The van der Waals surface area contributed by atoms with Gasteiger partial charge in [0.1, 0.15) is 11.5 Å². The minimum absolute atomic E-state index is 0.0518. The van der Waals surface area contributed by atoms with E-state index >= 15 is 0 Å². The second-order valence-electron chi connectivity index (χ2n) is 9.69. The van der Waals surface area contributed by atoms with E-state index in [0.29, 0.717) is 11.7 Å². The Bertz CT molecular complexity index is 1110. The van der Waals surface area contributed by atoms with Gasteiger partial charge in [-0.15, -0.1) is 6.58 Å². The number of phenolic OH excluding ortho intramolecular Hbond substituents is 1. The smallest absolute Gasteiger partial charge is 0.308 e. The largest absolute Gasteiger partial charge is 0.508 e. The maximum atomic E-state index is 12.7. The molecule has 6 heteroatoms. The molecule has 0 radical (unpaired) electrons. The van der Waals surface area contributed by atoms with Crippen molar-refractivity contribution in [3.05, 3.63) is 78.4 Å². The predicted molar refractivity (Wildman–Crippen MR) is 137 cm³/mol. The Hall–Kier alpha value is -3.38. The molecule has 184 valence electrons. The standard InChI is InChI=1S/C29H34N2O4/c1-3-15-31-16-14-29(23-7-5-9-27(18-23)35-21(2)32)19-25(12-11-24(29)20-31)30-28(34)13-10-22-6-4-8-26(33)17-22/h3-10,13,17-18,24-25,33H,1,11-12,14-16,19-20H2,2H3,(H,30,34). The Kier molecular flexibility index (Phi) is 7.71. The molecule has 2 aromatic rings. The van der Waals surface area contributed by atoms with Crippen LogP contribution in [-0.4, -0.2) is 47.6 Å². The average Bonchev–Trinajstić information content (AvgIpc) is 2.83. The molecule has 1 aliphatic carbocycles. The van der Waals surface area contributed by atoms with Crippen molar-refractivity contribution in [3.63, 3.8) is 0 Å². The molecule has 0 aromatic heterocycles. The van der Waals surface area contributed by atoms with Crippen LogP contribution in [0.2, 0.25) is 0 Å². The number of carbonyl (C=O) groups excluding carboxylic acids is 2. The summed E-state index contributed by atoms with van der Waals surface area (Å²) in [6.07, 6.45) is 8.94. The van der Waals surface area contributed by atoms with Crippen molar-refractivity contribution in [1.82, 2.24) is 10.2 Å². The number of amides is 1. The maximum absolute atomic E-state index is 12.7. The second kappa shape index (κ2) is 10.9. The zero-order valence-electron chi connectivity index (χ0n) is 20.3. The van der Waals surface area contributed by atoms with Crippen LogP contribution in [-0.2, 0) is 15.0 Å². The van der Waals surface area contributed by atoms with E-state index in [1.165, 1.54) is 18.6 Å². The molecule has 1 aliphatic heterocycles. The van der Waals surface area contributed by atoms with Gasteiger partial charge in [-0.2, -0.15) is 0 Å². The number of aromatic hydroxyl groups is 1. The molecular weight excluding hydrogens is 440 g/mol. The summed E-state index contributed by atoms with van der Waals surface area (Å²) >= 11 is 0. The van der Waals surface area contributed by atoms with E-state index in [9.17, 15) is 14.7 Å². The van der Waals surface area contributed by atoms with Gasteiger partial charge in [-0.1, -0.05) is 30.3 Å². The van der Waals surface area contributed by atoms with Crippen LogP contribution in [0.1, 0.15) is 43.7 Å². The SMILES string of the molecule is C=CCN1CCC2(c3cccc(OC(C)=O)c3)CC(NC(=O)C=Cc3cccc(O)c3)CCC2C1. The topological polar surface area (TPSA) is 78.9 Å². The van der Waals surface area contributed by atoms with Gasteiger partial charge in [0.2, 0.25) is 5.91 Å². The number of nitrogens with zero attached hydrogens (tertiary/aromatic N) is 1. The monoisotopic (exact) mass is 474 g/mol. The zero-order chi connectivity index (χ0) is 24.8. The van der Waals surface area contributed by atoms with Crippen LogP contribution < -0.4 is 10.1 Å². The number of esters is 1. The van der Waals surface area contributed by atoms with Crippen LogP contribution >= 0.6 is 0 Å². The molecule has 2 aliphatic rings. The summed E-state index contributed by atoms with van der Waals surface area (Å²) in [5.41, 5.74) is 1.85. The number of carbonyl (C=O) groups is 2. The summed E-state index contributed by atoms with van der Waals surface area (Å²) in [5, 5.41) is 12.8. The third kappa shape index (κ3) is 6.01. The molecule has 0 spiro atoms. The van der Waals surface area contributed by atoms with Gasteiger partial charge >= 0.3 is 5.97 Å². The molecule has 2 aromatic carbocycles. The minimum Gasteiger partial charge on any atom is -0.508 e. The number of phenols is 1. The van der Waals surface area contributed by atoms with Gasteiger partial charge in [0.15, 0.2) is 0 Å². The number of hydrogen-bond donors (Lipinski definition) is 2. The van der Waals surface area contributed by atoms with Crippen LogP contribution in [0.25, 0.3) is 6.08 Å². The molecule has 1 saturated carbocycles. The molecule has 6 nitrogen and oxygen atoms in total. The van der Waals surface area contributed by atoms with E-state index in [1.807, 2.05) is 30.3 Å². The molecule has 1 saturated heterocycles. The van der Waals surface area contributed by atoms with Crippen LogP contribution in [0.5, 0.6) is 11.5 Å². The molecule has 35 heavy (non-hydrogen) atoms. The van der Waals surface area contributed by atoms with Crippen molar-refractivity contribution in [1.29, 1.82) is 0 Å². The Morgan fingerprint density at radius 1 is 1.23 bits per heavy atom. The Morgan fingerprint density at radius 2 is 2.06 bits per heavy atom. The lowest BCUT2D eigenvalue weighted by molar-refractivity contribution is -0.131. The number of fused-ring (bicyclic) bond motifs is 1. The molecule has 2 fully saturated rings. The third-order valence-corrected chi connectivity index (χ3v) is 7.31. The van der Waals surface area contributed by atoms with Gasteiger partial charge in [0, 0.05) is 37.5 Å². The van der Waals surface area contributed by atoms with Crippen molar-refractivity contribution in [2.75, 3.05) is 19.6 Å². The number of hydrogen-bond acceptors (Lipinski definition) is 5. The van der Waals surface area contributed by atoms with E-state index in [-0.39, 0.29) is 29.1 Å². The number of ether oxygens (including phenoxy) is 1. The van der Waals surface area contributed by atoms with E-state index in [1.54, 1.807) is 24.3 Å². The summed E-state index contributed by atoms with van der Waals surface area (Å²) in [5.74, 6) is 0.720. The summed E-state index contributed by atoms with van der Waals surface area (Å²) in [6.45, 7) is 8.14. The van der Waals surface area contributed by atoms with Gasteiger partial charge in [0.05, 0.1) is 0 Å². The van der Waals surface area contributed by atoms with E-state index in [2.05, 4.69) is 22.9 Å². The van der Waals surface area contributed by atoms with Gasteiger partial charge in [-0.3, -0.25) is 14.5 Å². The summed E-state index contributed by atoms with van der Waals surface area (Å²) in [6, 6.07) is 14.8. The van der Waals surface area contributed by atoms with Crippen molar-refractivity contribution in [2.24, 2.45) is 5.92 Å². The highest BCUT2D eigenvalue weighted by Gasteiger charge is 2.48. The minimum atomic E-state index is -0.329. The number of piperidine rings is 1. The van der Waals surface area contributed by atoms with Crippen molar-refractivity contribution in [3.8, 4) is 11.5 Å². The summed E-state index contributed by atoms with van der Waals surface area (Å²) in [4.78, 5) is 26.7. The van der Waals surface area contributed by atoms with E-state index in [0.717, 1.165) is 50.9 Å². The highest BCUT2D eigenvalue weighted by atomic mass is 16.5. The quantitative estimate of drug-likeness (QED) is 0.268. The highest BCUT2D eigenvalue weighted by Crippen LogP contribution is 2.49. The van der Waals surface area contributed by atoms with Gasteiger partial charge in [-0.25, -0.2) is 0 Å². The Balaban J connectivity index is 1.54. The van der Waals surface area contributed by atoms with Crippen molar-refractivity contribution in [2.45, 2.75) is 44.1 Å². The third-order valence-electron chi connectivity index (χ3n) is 7.31. The fourth-order valence-corrected chi connectivity index (χ4v) is 5.77. The molecule has 1 heterocycles. The van der Waals surface area contributed by atoms with Crippen LogP contribution in [0.4, 0.5) is 0 Å². The first-order valence-corrected chi connectivity index (χ1v) is 12.3. The fourth-order valence-electron chi connectivity index (χ4n) is 5.77. The van der Waals surface area contributed by atoms with Gasteiger partial charge in [-0.05, 0) is 79.6 Å². The molecule has 0 bridgehead atoms. The molecule has 2 N–H and O–H groups in total. The molecular formula is C29H34N2O4.